The van der Waals surface area contributed by atoms with Crippen molar-refractivity contribution in [2.24, 2.45) is 0 Å². The average molecular weight is 365 g/mol. The van der Waals surface area contributed by atoms with Crippen molar-refractivity contribution >= 4 is 39.1 Å². The van der Waals surface area contributed by atoms with Gasteiger partial charge in [0.2, 0.25) is 0 Å². The monoisotopic (exact) mass is 363 g/mol. The third-order valence-electron chi connectivity index (χ3n) is 2.41. The highest BCUT2D eigenvalue weighted by Crippen LogP contribution is 2.25. The van der Waals surface area contributed by atoms with Gasteiger partial charge in [-0.2, -0.15) is 0 Å². The quantitative estimate of drug-likeness (QED) is 0.817. The van der Waals surface area contributed by atoms with E-state index in [9.17, 15) is 18.0 Å². The van der Waals surface area contributed by atoms with Crippen molar-refractivity contribution in [1.82, 2.24) is 0 Å². The fourth-order valence-corrected chi connectivity index (χ4v) is 2.15. The Labute approximate surface area is 125 Å². The van der Waals surface area contributed by atoms with Crippen LogP contribution in [0.15, 0.2) is 34.8 Å². The molecule has 0 spiro atoms. The van der Waals surface area contributed by atoms with Crippen molar-refractivity contribution in [1.29, 1.82) is 0 Å². The van der Waals surface area contributed by atoms with Gasteiger partial charge < -0.3 is 5.32 Å². The number of hydrogen-bond acceptors (Lipinski definition) is 1. The summed E-state index contributed by atoms with van der Waals surface area (Å²) in [5, 5.41) is 2.15. The predicted molar refractivity (Wildman–Crippen MR) is 73.4 cm³/mol. The first-order valence-electron chi connectivity index (χ1n) is 5.29. The zero-order chi connectivity index (χ0) is 14.9. The largest absolute Gasteiger partial charge is 0.320 e. The Morgan fingerprint density at radius 3 is 2.25 bits per heavy atom. The minimum Gasteiger partial charge on any atom is -0.320 e. The molecule has 0 saturated carbocycles. The Hall–Kier alpha value is -1.53. The van der Waals surface area contributed by atoms with Gasteiger partial charge in [0.25, 0.3) is 5.91 Å². The molecule has 0 atom stereocenters. The van der Waals surface area contributed by atoms with Crippen LogP contribution < -0.4 is 5.32 Å². The molecule has 104 valence electrons. The van der Waals surface area contributed by atoms with Crippen LogP contribution in [-0.4, -0.2) is 5.91 Å². The molecule has 7 heteroatoms. The molecule has 2 aromatic rings. The minimum absolute atomic E-state index is 0.0554. The second-order valence-corrected chi connectivity index (χ2v) is 5.15. The number of rotatable bonds is 2. The molecule has 0 aliphatic rings. The van der Waals surface area contributed by atoms with Gasteiger partial charge in [0.1, 0.15) is 23.0 Å². The Morgan fingerprint density at radius 2 is 1.70 bits per heavy atom. The summed E-state index contributed by atoms with van der Waals surface area (Å²) in [4.78, 5) is 11.8. The summed E-state index contributed by atoms with van der Waals surface area (Å²) >= 11 is 8.62. The lowest BCUT2D eigenvalue weighted by Gasteiger charge is -2.09. The van der Waals surface area contributed by atoms with Crippen LogP contribution in [0.3, 0.4) is 0 Å². The fourth-order valence-electron chi connectivity index (χ4n) is 1.53. The molecule has 0 unspecified atom stereocenters. The van der Waals surface area contributed by atoms with Crippen molar-refractivity contribution in [2.75, 3.05) is 5.32 Å². The van der Waals surface area contributed by atoms with Gasteiger partial charge in [-0.25, -0.2) is 13.2 Å². The van der Waals surface area contributed by atoms with Crippen molar-refractivity contribution in [3.8, 4) is 0 Å². The molecule has 2 nitrogen and oxygen atoms in total. The minimum atomic E-state index is -1.02. The summed E-state index contributed by atoms with van der Waals surface area (Å²) in [5.41, 5.74) is -0.687. The van der Waals surface area contributed by atoms with Crippen molar-refractivity contribution < 1.29 is 18.0 Å². The third-order valence-corrected chi connectivity index (χ3v) is 3.18. The molecule has 0 radical (unpaired) electrons. The van der Waals surface area contributed by atoms with E-state index in [1.807, 2.05) is 0 Å². The number of benzene rings is 2. The number of nitrogens with one attached hydrogen (secondary N) is 1. The normalized spacial score (nSPS) is 10.4. The number of halogens is 5. The van der Waals surface area contributed by atoms with Gasteiger partial charge in [0.15, 0.2) is 0 Å². The lowest BCUT2D eigenvalue weighted by Crippen LogP contribution is -2.16. The number of anilines is 1. The van der Waals surface area contributed by atoms with Gasteiger partial charge >= 0.3 is 0 Å². The van der Waals surface area contributed by atoms with E-state index in [-0.39, 0.29) is 15.2 Å². The smallest absolute Gasteiger partial charge is 0.261 e. The number of hydrogen-bond donors (Lipinski definition) is 1. The molecule has 0 aliphatic carbocycles. The maximum atomic E-state index is 13.6. The van der Waals surface area contributed by atoms with E-state index in [0.29, 0.717) is 0 Å². The molecule has 1 amide bonds. The second kappa shape index (κ2) is 5.85. The van der Waals surface area contributed by atoms with E-state index in [1.165, 1.54) is 6.07 Å². The maximum Gasteiger partial charge on any atom is 0.261 e. The standard InChI is InChI=1S/C13H6BrClF3NO/c14-6-3-9(17)12(10(18)4-6)13(20)19-11-2-1-7(16)5-8(11)15/h1-5H,(H,19,20). The van der Waals surface area contributed by atoms with Crippen LogP contribution in [0.25, 0.3) is 0 Å². The highest BCUT2D eigenvalue weighted by Gasteiger charge is 2.19. The van der Waals surface area contributed by atoms with E-state index in [0.717, 1.165) is 24.3 Å². The summed E-state index contributed by atoms with van der Waals surface area (Å²) in [6, 6.07) is 5.17. The summed E-state index contributed by atoms with van der Waals surface area (Å²) < 4.78 is 40.2. The highest BCUT2D eigenvalue weighted by molar-refractivity contribution is 9.10. The molecule has 0 aromatic heterocycles. The zero-order valence-corrected chi connectivity index (χ0v) is 12.0. The summed E-state index contributed by atoms with van der Waals surface area (Å²) in [6.45, 7) is 0. The molecule has 20 heavy (non-hydrogen) atoms. The van der Waals surface area contributed by atoms with Gasteiger partial charge in [-0.3, -0.25) is 4.79 Å². The van der Waals surface area contributed by atoms with E-state index < -0.39 is 28.9 Å². The summed E-state index contributed by atoms with van der Waals surface area (Å²) in [6.07, 6.45) is 0. The first kappa shape index (κ1) is 14.9. The fraction of sp³-hybridized carbons (Fsp3) is 0. The summed E-state index contributed by atoms with van der Waals surface area (Å²) in [5.74, 6) is -3.64. The van der Waals surface area contributed by atoms with Crippen LogP contribution in [0.5, 0.6) is 0 Å². The molecule has 0 heterocycles. The molecule has 0 fully saturated rings. The maximum absolute atomic E-state index is 13.6. The lowest BCUT2D eigenvalue weighted by atomic mass is 10.1. The molecule has 0 bridgehead atoms. The Bertz CT molecular complexity index is 670. The molecule has 2 aromatic carbocycles. The first-order chi connectivity index (χ1) is 9.38. The van der Waals surface area contributed by atoms with Crippen LogP contribution >= 0.6 is 27.5 Å². The van der Waals surface area contributed by atoms with Crippen LogP contribution in [-0.2, 0) is 0 Å². The Morgan fingerprint density at radius 1 is 1.10 bits per heavy atom. The van der Waals surface area contributed by atoms with Crippen LogP contribution in [0.2, 0.25) is 5.02 Å². The van der Waals surface area contributed by atoms with E-state index in [4.69, 9.17) is 11.6 Å². The van der Waals surface area contributed by atoms with Crippen molar-refractivity contribution in [3.05, 3.63) is 62.8 Å². The lowest BCUT2D eigenvalue weighted by molar-refractivity contribution is 0.101. The molecular weight excluding hydrogens is 358 g/mol. The highest BCUT2D eigenvalue weighted by atomic mass is 79.9. The molecule has 2 rings (SSSR count). The first-order valence-corrected chi connectivity index (χ1v) is 6.46. The van der Waals surface area contributed by atoms with Crippen molar-refractivity contribution in [3.63, 3.8) is 0 Å². The van der Waals surface area contributed by atoms with Crippen LogP contribution in [0.4, 0.5) is 18.9 Å². The zero-order valence-electron chi connectivity index (χ0n) is 9.68. The van der Waals surface area contributed by atoms with E-state index in [1.54, 1.807) is 0 Å². The van der Waals surface area contributed by atoms with Crippen LogP contribution in [0.1, 0.15) is 10.4 Å². The summed E-state index contributed by atoms with van der Waals surface area (Å²) in [7, 11) is 0. The number of amides is 1. The third kappa shape index (κ3) is 3.13. The molecule has 0 aliphatic heterocycles. The van der Waals surface area contributed by atoms with Crippen LogP contribution in [0, 0.1) is 17.5 Å². The topological polar surface area (TPSA) is 29.1 Å². The van der Waals surface area contributed by atoms with Gasteiger partial charge in [-0.15, -0.1) is 0 Å². The second-order valence-electron chi connectivity index (χ2n) is 3.82. The van der Waals surface area contributed by atoms with Gasteiger partial charge in [-0.05, 0) is 30.3 Å². The number of carbonyl (C=O) groups is 1. The van der Waals surface area contributed by atoms with Gasteiger partial charge in [0.05, 0.1) is 10.7 Å². The predicted octanol–water partition coefficient (Wildman–Crippen LogP) is 4.77. The van der Waals surface area contributed by atoms with Gasteiger partial charge in [0, 0.05) is 4.47 Å². The number of carbonyl (C=O) groups excluding carboxylic acids is 1. The van der Waals surface area contributed by atoms with E-state index in [2.05, 4.69) is 21.2 Å². The molecular formula is C13H6BrClF3NO. The Balaban J connectivity index is 2.33. The average Bonchev–Trinajstić information content (AvgIpc) is 2.31. The molecule has 0 saturated heterocycles. The molecule has 1 N–H and O–H groups in total. The van der Waals surface area contributed by atoms with E-state index >= 15 is 0 Å². The van der Waals surface area contributed by atoms with Crippen molar-refractivity contribution in [2.45, 2.75) is 0 Å². The van der Waals surface area contributed by atoms with Gasteiger partial charge in [-0.1, -0.05) is 27.5 Å². The SMILES string of the molecule is O=C(Nc1ccc(F)cc1Cl)c1c(F)cc(Br)cc1F. The Kier molecular flexibility index (Phi) is 4.35.